The van der Waals surface area contributed by atoms with Gasteiger partial charge in [0, 0.05) is 178 Å². The number of imidazole rings is 1. The maximum absolute atomic E-state index is 6.22. The minimum atomic E-state index is -0.124. The van der Waals surface area contributed by atoms with Crippen LogP contribution in [0.1, 0.15) is 0 Å². The Morgan fingerprint density at radius 3 is 1.20 bits per heavy atom. The van der Waals surface area contributed by atoms with E-state index in [0.717, 1.165) is 129 Å². The maximum Gasteiger partial charge on any atom is 2.00 e. The fourth-order valence-electron chi connectivity index (χ4n) is 18.8. The molecule has 0 saturated heterocycles. The van der Waals surface area contributed by atoms with E-state index in [1.807, 2.05) is 254 Å². The van der Waals surface area contributed by atoms with Crippen molar-refractivity contribution >= 4 is 157 Å². The molecule has 0 atom stereocenters. The summed E-state index contributed by atoms with van der Waals surface area (Å²) in [5.74, 6) is 8.54. The van der Waals surface area contributed by atoms with E-state index >= 15 is 0 Å². The van der Waals surface area contributed by atoms with Crippen molar-refractivity contribution in [1.29, 1.82) is 0 Å². The SMILES string of the molecule is CN1C=NN(c2[c-]c(B3c4[c-]c(Oc5ccccn5)ccc4N(c4ccccc4)c4ccccc43)ccc2)[CH-]1.CN1C=NN(c2[c-]c(B3c4[c-]c(Oc5ccccn5)ccc4Oc4ccccc43)ccc2)[CH-]1.Cn1ccnc1-c1[c-]c(B2c3[c-]c(Oc4ccccn4)ccc3Oc3ccccc32)ccc1.[Pt+2].[Pt].[Pt].[Pt].[c-]1c(B2c3[c-]c(Oc4ccccn4)ccc3B(c3ccccc3)c3ccccc32)cccc1-c1ccn[n-]1. The van der Waals surface area contributed by atoms with Crippen LogP contribution in [0.15, 0.2) is 411 Å². The van der Waals surface area contributed by atoms with E-state index in [0.29, 0.717) is 46.5 Å². The van der Waals surface area contributed by atoms with E-state index < -0.39 is 0 Å². The van der Waals surface area contributed by atoms with Gasteiger partial charge in [-0.15, -0.1) is 157 Å². The van der Waals surface area contributed by atoms with Gasteiger partial charge in [-0.2, -0.15) is 103 Å². The van der Waals surface area contributed by atoms with Gasteiger partial charge in [0.15, 0.2) is 26.9 Å². The first kappa shape index (κ1) is 100. The van der Waals surface area contributed by atoms with E-state index in [2.05, 4.69) is 263 Å². The molecule has 30 heteroatoms. The zero-order chi connectivity index (χ0) is 95.9. The van der Waals surface area contributed by atoms with Crippen LogP contribution >= 0.6 is 0 Å². The number of ether oxygens (including phenoxy) is 6. The number of aromatic nitrogens is 8. The average Bonchev–Trinajstić information content (AvgIpc) is 1.05. The molecule has 21 nitrogen and oxygen atoms in total. The zero-order valence-corrected chi connectivity index (χ0v) is 87.8. The summed E-state index contributed by atoms with van der Waals surface area (Å²) < 4.78 is 38.6. The predicted octanol–water partition coefficient (Wildman–Crippen LogP) is 12.8. The van der Waals surface area contributed by atoms with E-state index in [4.69, 9.17) is 28.4 Å². The molecule has 0 fully saturated rings. The van der Waals surface area contributed by atoms with Crippen molar-refractivity contribution in [3.8, 4) is 92.2 Å². The van der Waals surface area contributed by atoms with Crippen molar-refractivity contribution in [2.75, 3.05) is 29.0 Å². The number of para-hydroxylation sites is 4. The van der Waals surface area contributed by atoms with Crippen LogP contribution in [0.2, 0.25) is 0 Å². The molecular formula is C117H79B5N15O6Pt4-9. The topological polar surface area (TPSA) is 193 Å². The van der Waals surface area contributed by atoms with Crippen LogP contribution in [-0.4, -0.2) is 105 Å². The molecule has 6 aromatic heterocycles. The Kier molecular flexibility index (Phi) is 31.1. The molecule has 722 valence electrons. The van der Waals surface area contributed by atoms with Crippen LogP contribution in [0.25, 0.3) is 22.6 Å². The Morgan fingerprint density at radius 1 is 0.306 bits per heavy atom. The number of fused-ring (bicyclic) bond motifs is 8. The Balaban J connectivity index is 0.000000123. The maximum atomic E-state index is 6.22. The Bertz CT molecular complexity index is 8060. The summed E-state index contributed by atoms with van der Waals surface area (Å²) in [6.07, 6.45) is 15.8. The first-order valence-electron chi connectivity index (χ1n) is 46.6. The fraction of sp³-hybridized carbons (Fsp3) is 0.0256. The van der Waals surface area contributed by atoms with Gasteiger partial charge in [0.2, 0.25) is 30.2 Å². The van der Waals surface area contributed by atoms with Crippen molar-refractivity contribution in [2.45, 2.75) is 0 Å². The van der Waals surface area contributed by atoms with Gasteiger partial charge in [-0.1, -0.05) is 191 Å². The number of anilines is 5. The van der Waals surface area contributed by atoms with Gasteiger partial charge in [-0.25, -0.2) is 25.6 Å². The smallest absolute Gasteiger partial charge is 0.619 e. The van der Waals surface area contributed by atoms with Crippen LogP contribution in [0, 0.1) is 61.9 Å². The van der Waals surface area contributed by atoms with Gasteiger partial charge in [0.1, 0.15) is 11.5 Å². The molecule has 0 saturated carbocycles. The third kappa shape index (κ3) is 21.6. The monoisotopic (exact) mass is 2620 g/mol. The van der Waals surface area contributed by atoms with Gasteiger partial charge in [0.25, 0.3) is 0 Å². The number of hydrazone groups is 2. The number of rotatable bonds is 18. The molecule has 0 aliphatic carbocycles. The van der Waals surface area contributed by atoms with E-state index in [1.165, 1.54) is 27.3 Å². The van der Waals surface area contributed by atoms with Gasteiger partial charge < -0.3 is 67.9 Å². The van der Waals surface area contributed by atoms with Crippen molar-refractivity contribution < 1.29 is 113 Å². The number of aryl methyl sites for hydroxylation is 1. The quantitative estimate of drug-likeness (QED) is 0.0581. The minimum Gasteiger partial charge on any atom is -0.619 e. The third-order valence-electron chi connectivity index (χ3n) is 25.1. The minimum absolute atomic E-state index is 0. The van der Waals surface area contributed by atoms with E-state index in [-0.39, 0.29) is 118 Å². The predicted molar refractivity (Wildman–Crippen MR) is 568 cm³/mol. The molecule has 147 heavy (non-hydrogen) atoms. The normalized spacial score (nSPS) is 12.6. The summed E-state index contributed by atoms with van der Waals surface area (Å²) in [6.45, 7) is 3.50. The van der Waals surface area contributed by atoms with E-state index in [1.54, 1.807) is 54.9 Å². The van der Waals surface area contributed by atoms with E-state index in [9.17, 15) is 0 Å². The summed E-state index contributed by atoms with van der Waals surface area (Å²) in [4.78, 5) is 27.8. The van der Waals surface area contributed by atoms with Crippen LogP contribution in [-0.2, 0) is 91.3 Å². The van der Waals surface area contributed by atoms with Crippen molar-refractivity contribution in [2.24, 2.45) is 17.3 Å². The number of hydrogen-bond acceptors (Lipinski definition) is 19. The molecule has 0 bridgehead atoms. The molecule has 26 rings (SSSR count). The first-order valence-corrected chi connectivity index (χ1v) is 46.6. The van der Waals surface area contributed by atoms with Crippen LogP contribution < -0.4 is 130 Å². The van der Waals surface area contributed by atoms with Crippen molar-refractivity contribution in [1.82, 2.24) is 49.5 Å². The van der Waals surface area contributed by atoms with Gasteiger partial charge in [0.05, 0.1) is 18.5 Å². The van der Waals surface area contributed by atoms with Crippen molar-refractivity contribution in [3.05, 3.63) is 463 Å². The first-order chi connectivity index (χ1) is 70.6. The van der Waals surface area contributed by atoms with Crippen LogP contribution in [0.3, 0.4) is 0 Å². The molecule has 6 aliphatic heterocycles. The molecule has 20 aromatic rings. The van der Waals surface area contributed by atoms with Gasteiger partial charge in [-0.3, -0.25) is 4.98 Å². The molecule has 6 aliphatic rings. The molecule has 0 amide bonds. The summed E-state index contributed by atoms with van der Waals surface area (Å²) in [7, 11) is 5.88. The second kappa shape index (κ2) is 45.7. The molecule has 0 radical (unpaired) electrons. The number of hydrogen-bond donors (Lipinski definition) is 0. The summed E-state index contributed by atoms with van der Waals surface area (Å²) >= 11 is 0. The number of pyridine rings is 4. The standard InChI is InChI=1S/C32H20B2N3O.C32H23BN5O.C27H18BN3O2.C26H18BN4O2.4Pt/c1-2-10-24(11-3-1)33-27-13-4-5-14-28(27)34(25-12-8-9-23(21-25)31-18-20-36-37-31)30-22-26(16-17-29(30)33)38-32-15-6-7-19-35-32;1-36-22-35-37(23-36)26-13-9-10-24(20-26)33-28-14-5-6-15-30(28)38(25-11-3-2-4-12-25)31-18-17-27(21-29(31)33)39-32-16-7-8-19-34-32;1-31-16-15-30-27(31)19-7-6-8-20(17-19)28-22-9-2-3-10-24(22)33-25-13-12-21(18-23(25)28)32-26-11-4-5-14-29-26;1-30-17-29-31(18-30)20-8-6-7-19(15-20)27-22-9-2-3-10-24(22)33-25-13-12-21(16-23(25)27)32-26-11-4-5-14-28-26;;;;/h1-20H;2-19,22-23H,1H3;2-16H,1H3;2-14,17-18H,1H3;;;;/q2*-3;-2;-3;;;;+2. The zero-order valence-electron chi connectivity index (χ0n) is 78.7. The molecule has 14 aromatic carbocycles. The molecule has 0 N–H and O–H groups in total. The van der Waals surface area contributed by atoms with Gasteiger partial charge in [-0.05, 0) is 85.8 Å². The Hall–Kier alpha value is -15.7. The summed E-state index contributed by atoms with van der Waals surface area (Å²) in [5.41, 5.74) is 23.9. The summed E-state index contributed by atoms with van der Waals surface area (Å²) in [6, 6.07) is 148. The largest absolute Gasteiger partial charge is 2.00 e. The number of nitrogens with zero attached hydrogens (tertiary/aromatic N) is 15. The molecule has 12 heterocycles. The Labute approximate surface area is 912 Å². The van der Waals surface area contributed by atoms with Crippen molar-refractivity contribution in [3.63, 3.8) is 0 Å². The fourth-order valence-corrected chi connectivity index (χ4v) is 18.8. The second-order valence-corrected chi connectivity index (χ2v) is 34.3. The third-order valence-corrected chi connectivity index (χ3v) is 25.1. The molecule has 0 spiro atoms. The van der Waals surface area contributed by atoms with Crippen LogP contribution in [0.5, 0.6) is 69.5 Å². The summed E-state index contributed by atoms with van der Waals surface area (Å²) in [5, 5.41) is 20.8. The second-order valence-electron chi connectivity index (χ2n) is 34.3. The Morgan fingerprint density at radius 2 is 0.721 bits per heavy atom. The number of benzene rings is 14. The average molecular weight is 2630 g/mol. The molecule has 0 unspecified atom stereocenters. The van der Waals surface area contributed by atoms with Crippen LogP contribution in [0.4, 0.5) is 28.4 Å². The van der Waals surface area contributed by atoms with Gasteiger partial charge >= 0.3 is 21.1 Å². The molecular weight excluding hydrogens is 2550 g/mol.